The highest BCUT2D eigenvalue weighted by molar-refractivity contribution is 8.00. The smallest absolute Gasteiger partial charge is 0.234 e. The fraction of sp³-hybridized carbons (Fsp3) is 0.438. The maximum atomic E-state index is 11.9. The summed E-state index contributed by atoms with van der Waals surface area (Å²) >= 11 is 1.24. The number of amides is 2. The lowest BCUT2D eigenvalue weighted by atomic mass is 9.98. The summed E-state index contributed by atoms with van der Waals surface area (Å²) in [6, 6.07) is 11.4. The van der Waals surface area contributed by atoms with Gasteiger partial charge in [-0.2, -0.15) is 5.26 Å². The van der Waals surface area contributed by atoms with Crippen LogP contribution in [0.15, 0.2) is 30.3 Å². The van der Waals surface area contributed by atoms with Gasteiger partial charge in [-0.15, -0.1) is 11.8 Å². The standard InChI is InChI=1S/C16H19N3O2S/c1-16(11-17,12-7-8-12)19-15(21)10-22-9-14(20)18-13-5-3-2-4-6-13/h2-6,12H,7-10H2,1H3,(H,18,20)(H,19,21). The second-order valence-electron chi connectivity index (χ2n) is 5.54. The van der Waals surface area contributed by atoms with E-state index in [0.29, 0.717) is 0 Å². The van der Waals surface area contributed by atoms with E-state index in [1.165, 1.54) is 11.8 Å². The largest absolute Gasteiger partial charge is 0.337 e. The molecule has 0 aromatic heterocycles. The van der Waals surface area contributed by atoms with E-state index in [2.05, 4.69) is 16.7 Å². The number of carbonyl (C=O) groups excluding carboxylic acids is 2. The Morgan fingerprint density at radius 3 is 2.50 bits per heavy atom. The molecule has 0 saturated heterocycles. The Kier molecular flexibility index (Phi) is 5.45. The molecule has 2 amide bonds. The number of hydrogen-bond acceptors (Lipinski definition) is 4. The second kappa shape index (κ2) is 7.32. The monoisotopic (exact) mass is 317 g/mol. The number of para-hydroxylation sites is 1. The van der Waals surface area contributed by atoms with Gasteiger partial charge in [-0.3, -0.25) is 9.59 Å². The fourth-order valence-corrected chi connectivity index (χ4v) is 2.78. The molecule has 0 spiro atoms. The summed E-state index contributed by atoms with van der Waals surface area (Å²) < 4.78 is 0. The molecule has 116 valence electrons. The molecule has 0 bridgehead atoms. The van der Waals surface area contributed by atoms with Crippen molar-refractivity contribution in [2.45, 2.75) is 25.3 Å². The zero-order chi connectivity index (χ0) is 16.0. The number of nitriles is 1. The van der Waals surface area contributed by atoms with Gasteiger partial charge in [-0.05, 0) is 37.8 Å². The van der Waals surface area contributed by atoms with Crippen LogP contribution in [0, 0.1) is 17.2 Å². The Morgan fingerprint density at radius 2 is 1.91 bits per heavy atom. The molecule has 5 nitrogen and oxygen atoms in total. The molecule has 1 fully saturated rings. The minimum atomic E-state index is -0.774. The molecule has 2 rings (SSSR count). The SMILES string of the molecule is CC(C#N)(NC(=O)CSCC(=O)Nc1ccccc1)C1CC1. The van der Waals surface area contributed by atoms with Gasteiger partial charge >= 0.3 is 0 Å². The molecule has 22 heavy (non-hydrogen) atoms. The van der Waals surface area contributed by atoms with E-state index >= 15 is 0 Å². The number of rotatable bonds is 7. The predicted octanol–water partition coefficient (Wildman–Crippen LogP) is 2.17. The summed E-state index contributed by atoms with van der Waals surface area (Å²) in [6.07, 6.45) is 1.97. The van der Waals surface area contributed by atoms with Gasteiger partial charge in [-0.25, -0.2) is 0 Å². The van der Waals surface area contributed by atoms with Crippen molar-refractivity contribution in [2.75, 3.05) is 16.8 Å². The van der Waals surface area contributed by atoms with E-state index in [1.54, 1.807) is 6.92 Å². The molecule has 0 radical (unpaired) electrons. The van der Waals surface area contributed by atoms with E-state index < -0.39 is 5.54 Å². The van der Waals surface area contributed by atoms with Gasteiger partial charge in [0.05, 0.1) is 17.6 Å². The Hall–Kier alpha value is -2.00. The van der Waals surface area contributed by atoms with Crippen molar-refractivity contribution >= 4 is 29.3 Å². The summed E-state index contributed by atoms with van der Waals surface area (Å²) in [5, 5.41) is 14.7. The predicted molar refractivity (Wildman–Crippen MR) is 87.3 cm³/mol. The first-order valence-corrected chi connectivity index (χ1v) is 8.34. The number of hydrogen-bond donors (Lipinski definition) is 2. The van der Waals surface area contributed by atoms with Crippen molar-refractivity contribution in [3.63, 3.8) is 0 Å². The van der Waals surface area contributed by atoms with Crippen LogP contribution < -0.4 is 10.6 Å². The minimum Gasteiger partial charge on any atom is -0.337 e. The van der Waals surface area contributed by atoms with E-state index in [-0.39, 0.29) is 29.2 Å². The highest BCUT2D eigenvalue weighted by Crippen LogP contribution is 2.39. The van der Waals surface area contributed by atoms with Crippen LogP contribution in [0.25, 0.3) is 0 Å². The van der Waals surface area contributed by atoms with Crippen LogP contribution in [0.4, 0.5) is 5.69 Å². The molecule has 0 heterocycles. The van der Waals surface area contributed by atoms with Crippen LogP contribution in [-0.2, 0) is 9.59 Å². The normalized spacial score (nSPS) is 16.2. The molecule has 1 aliphatic carbocycles. The number of carbonyl (C=O) groups is 2. The molecule has 1 aromatic carbocycles. The molecule has 2 N–H and O–H groups in total. The van der Waals surface area contributed by atoms with Gasteiger partial charge in [-0.1, -0.05) is 18.2 Å². The van der Waals surface area contributed by atoms with Gasteiger partial charge in [0, 0.05) is 5.69 Å². The van der Waals surface area contributed by atoms with Gasteiger partial charge in [0.15, 0.2) is 0 Å². The maximum Gasteiger partial charge on any atom is 0.234 e. The van der Waals surface area contributed by atoms with Crippen molar-refractivity contribution < 1.29 is 9.59 Å². The lowest BCUT2D eigenvalue weighted by molar-refractivity contribution is -0.119. The summed E-state index contributed by atoms with van der Waals surface area (Å²) in [5.41, 5.74) is -0.0347. The van der Waals surface area contributed by atoms with Crippen LogP contribution in [0.3, 0.4) is 0 Å². The van der Waals surface area contributed by atoms with Crippen molar-refractivity contribution in [3.05, 3.63) is 30.3 Å². The second-order valence-corrected chi connectivity index (χ2v) is 6.53. The van der Waals surface area contributed by atoms with Crippen LogP contribution in [0.2, 0.25) is 0 Å². The number of nitrogens with one attached hydrogen (secondary N) is 2. The van der Waals surface area contributed by atoms with Crippen molar-refractivity contribution in [1.29, 1.82) is 5.26 Å². The number of benzene rings is 1. The molecular weight excluding hydrogens is 298 g/mol. The lowest BCUT2D eigenvalue weighted by Gasteiger charge is -2.22. The van der Waals surface area contributed by atoms with Crippen LogP contribution in [0.5, 0.6) is 0 Å². The van der Waals surface area contributed by atoms with Gasteiger partial charge in [0.1, 0.15) is 5.54 Å². The van der Waals surface area contributed by atoms with Crippen LogP contribution in [-0.4, -0.2) is 28.9 Å². The zero-order valence-corrected chi connectivity index (χ0v) is 13.3. The third-order valence-electron chi connectivity index (χ3n) is 3.55. The summed E-state index contributed by atoms with van der Waals surface area (Å²) in [7, 11) is 0. The average molecular weight is 317 g/mol. The Balaban J connectivity index is 1.68. The fourth-order valence-electron chi connectivity index (χ4n) is 2.16. The molecule has 6 heteroatoms. The quantitative estimate of drug-likeness (QED) is 0.807. The highest BCUT2D eigenvalue weighted by atomic mass is 32.2. The van der Waals surface area contributed by atoms with Gasteiger partial charge in [0.25, 0.3) is 0 Å². The summed E-state index contributed by atoms with van der Waals surface area (Å²) in [6.45, 7) is 1.76. The van der Waals surface area contributed by atoms with Crippen LogP contribution in [0.1, 0.15) is 19.8 Å². The minimum absolute atomic E-state index is 0.144. The zero-order valence-electron chi connectivity index (χ0n) is 12.5. The van der Waals surface area contributed by atoms with Crippen molar-refractivity contribution in [2.24, 2.45) is 5.92 Å². The Bertz CT molecular complexity index is 581. The maximum absolute atomic E-state index is 11.9. The molecular formula is C16H19N3O2S. The Labute approximate surface area is 134 Å². The number of anilines is 1. The summed E-state index contributed by atoms with van der Waals surface area (Å²) in [5.74, 6) is 0.289. The molecule has 0 aliphatic heterocycles. The number of nitrogens with zero attached hydrogens (tertiary/aromatic N) is 1. The van der Waals surface area contributed by atoms with E-state index in [0.717, 1.165) is 18.5 Å². The first-order chi connectivity index (χ1) is 10.5. The highest BCUT2D eigenvalue weighted by Gasteiger charge is 2.42. The van der Waals surface area contributed by atoms with E-state index in [9.17, 15) is 14.9 Å². The molecule has 1 saturated carbocycles. The third kappa shape index (κ3) is 4.78. The molecule has 1 aliphatic rings. The third-order valence-corrected chi connectivity index (χ3v) is 4.48. The lowest BCUT2D eigenvalue weighted by Crippen LogP contribution is -2.47. The topological polar surface area (TPSA) is 82.0 Å². The van der Waals surface area contributed by atoms with Gasteiger partial charge in [0.2, 0.25) is 11.8 Å². The molecule has 1 aromatic rings. The molecule has 1 unspecified atom stereocenters. The average Bonchev–Trinajstić information content (AvgIpc) is 3.33. The molecule has 1 atom stereocenters. The summed E-state index contributed by atoms with van der Waals surface area (Å²) in [4.78, 5) is 23.6. The number of thioether (sulfide) groups is 1. The first-order valence-electron chi connectivity index (χ1n) is 7.18. The van der Waals surface area contributed by atoms with E-state index in [4.69, 9.17) is 0 Å². The van der Waals surface area contributed by atoms with E-state index in [1.807, 2.05) is 30.3 Å². The van der Waals surface area contributed by atoms with Crippen molar-refractivity contribution in [1.82, 2.24) is 5.32 Å². The van der Waals surface area contributed by atoms with Crippen LogP contribution >= 0.6 is 11.8 Å². The van der Waals surface area contributed by atoms with Gasteiger partial charge < -0.3 is 10.6 Å². The van der Waals surface area contributed by atoms with Crippen molar-refractivity contribution in [3.8, 4) is 6.07 Å². The Morgan fingerprint density at radius 1 is 1.27 bits per heavy atom. The first kappa shape index (κ1) is 16.4.